The first kappa shape index (κ1) is 22.0. The van der Waals surface area contributed by atoms with Crippen LogP contribution in [0.15, 0.2) is 85.1 Å². The van der Waals surface area contributed by atoms with Gasteiger partial charge in [0.25, 0.3) is 0 Å². The molecule has 0 unspecified atom stereocenters. The van der Waals surface area contributed by atoms with E-state index in [0.717, 1.165) is 31.2 Å². The lowest BCUT2D eigenvalue weighted by atomic mass is 9.71. The Morgan fingerprint density at radius 3 is 2.38 bits per heavy atom. The van der Waals surface area contributed by atoms with Crippen LogP contribution in [0.5, 0.6) is 0 Å². The molecule has 1 aliphatic rings. The zero-order chi connectivity index (χ0) is 27.4. The third-order valence-electron chi connectivity index (χ3n) is 9.56. The number of benzene rings is 4. The van der Waals surface area contributed by atoms with Gasteiger partial charge in [-0.05, 0) is 78.6 Å². The summed E-state index contributed by atoms with van der Waals surface area (Å²) in [4.78, 5) is 0. The van der Waals surface area contributed by atoms with Gasteiger partial charge in [-0.1, -0.05) is 74.5 Å². The maximum Gasteiger partial charge on any atom is 0.222 e. The molecule has 0 saturated heterocycles. The SMILES string of the molecule is [2H]C1(c2ccc3ccc4c5c(-c6ccccc6C)[n+](C)cc6c7ccccc7n(c4c3c2)c65)CCC(C)(C)CC1. The minimum atomic E-state index is -0.523. The quantitative estimate of drug-likeness (QED) is 0.206. The van der Waals surface area contributed by atoms with Crippen molar-refractivity contribution in [3.8, 4) is 11.3 Å². The van der Waals surface area contributed by atoms with Crippen LogP contribution in [0.25, 0.3) is 60.1 Å². The molecule has 0 amide bonds. The van der Waals surface area contributed by atoms with Gasteiger partial charge in [-0.3, -0.25) is 0 Å². The molecule has 1 aliphatic carbocycles. The predicted molar refractivity (Wildman–Crippen MR) is 165 cm³/mol. The average Bonchev–Trinajstić information content (AvgIpc) is 3.46. The largest absolute Gasteiger partial charge is 0.307 e. The van der Waals surface area contributed by atoms with Crippen molar-refractivity contribution < 1.29 is 5.94 Å². The Morgan fingerprint density at radius 2 is 1.56 bits per heavy atom. The molecule has 2 heteroatoms. The monoisotopic (exact) mass is 508 g/mol. The molecule has 39 heavy (non-hydrogen) atoms. The summed E-state index contributed by atoms with van der Waals surface area (Å²) in [5, 5.41) is 7.67. The van der Waals surface area contributed by atoms with E-state index in [-0.39, 0.29) is 0 Å². The van der Waals surface area contributed by atoms with Crippen molar-refractivity contribution in [2.45, 2.75) is 52.3 Å². The maximum absolute atomic E-state index is 9.54. The molecule has 0 N–H and O–H groups in total. The second kappa shape index (κ2) is 8.05. The summed E-state index contributed by atoms with van der Waals surface area (Å²) in [6.45, 7) is 6.92. The second-order valence-corrected chi connectivity index (χ2v) is 12.6. The molecule has 8 rings (SSSR count). The number of nitrogens with zero attached hydrogens (tertiary/aromatic N) is 2. The van der Waals surface area contributed by atoms with Gasteiger partial charge < -0.3 is 4.40 Å². The molecule has 1 fully saturated rings. The fraction of sp³-hybridized carbons (Fsp3) is 0.270. The van der Waals surface area contributed by atoms with Gasteiger partial charge in [-0.15, -0.1) is 0 Å². The topological polar surface area (TPSA) is 8.29 Å². The van der Waals surface area contributed by atoms with Gasteiger partial charge in [0, 0.05) is 23.1 Å². The van der Waals surface area contributed by atoms with Crippen molar-refractivity contribution >= 4 is 48.9 Å². The summed E-state index contributed by atoms with van der Waals surface area (Å²) < 4.78 is 14.4. The summed E-state index contributed by atoms with van der Waals surface area (Å²) in [6.07, 6.45) is 6.37. The summed E-state index contributed by atoms with van der Waals surface area (Å²) in [5.74, 6) is -0.523. The standard InChI is InChI=1S/C37H35N2/c1-23-9-5-6-10-27(23)35-33-29-16-15-25-13-14-26(24-17-19-37(2,3)20-18-24)21-30(25)34(29)39-32-12-8-7-11-28(32)31(36(33)39)22-38(35)4/h5-16,21-22,24H,17-20H2,1-4H3/q+1/i24D. The van der Waals surface area contributed by atoms with E-state index in [0.29, 0.717) is 5.41 Å². The third-order valence-corrected chi connectivity index (χ3v) is 9.56. The molecule has 7 aromatic rings. The highest BCUT2D eigenvalue weighted by Crippen LogP contribution is 2.46. The number of rotatable bonds is 2. The first-order valence-corrected chi connectivity index (χ1v) is 14.4. The number of fused-ring (bicyclic) bond motifs is 8. The highest BCUT2D eigenvalue weighted by atomic mass is 15.0. The van der Waals surface area contributed by atoms with Crippen molar-refractivity contribution in [1.29, 1.82) is 0 Å². The van der Waals surface area contributed by atoms with Gasteiger partial charge in [-0.25, -0.2) is 0 Å². The summed E-state index contributed by atoms with van der Waals surface area (Å²) in [6, 6.07) is 29.0. The van der Waals surface area contributed by atoms with Gasteiger partial charge >= 0.3 is 0 Å². The highest BCUT2D eigenvalue weighted by Gasteiger charge is 2.30. The van der Waals surface area contributed by atoms with E-state index in [4.69, 9.17) is 0 Å². The zero-order valence-electron chi connectivity index (χ0n) is 24.3. The number of para-hydroxylation sites is 1. The van der Waals surface area contributed by atoms with E-state index >= 15 is 0 Å². The third kappa shape index (κ3) is 3.24. The van der Waals surface area contributed by atoms with Crippen molar-refractivity contribution in [3.05, 3.63) is 96.2 Å². The van der Waals surface area contributed by atoms with Gasteiger partial charge in [0.05, 0.1) is 27.3 Å². The van der Waals surface area contributed by atoms with Crippen molar-refractivity contribution in [1.82, 2.24) is 4.40 Å². The minimum absolute atomic E-state index is 0.335. The number of aromatic nitrogens is 2. The lowest BCUT2D eigenvalue weighted by Gasteiger charge is -2.34. The second-order valence-electron chi connectivity index (χ2n) is 12.6. The molecular formula is C37H35N2+. The highest BCUT2D eigenvalue weighted by molar-refractivity contribution is 6.29. The van der Waals surface area contributed by atoms with Crippen molar-refractivity contribution in [2.75, 3.05) is 0 Å². The molecule has 0 radical (unpaired) electrons. The van der Waals surface area contributed by atoms with Gasteiger partial charge in [0.15, 0.2) is 6.20 Å². The lowest BCUT2D eigenvalue weighted by Crippen LogP contribution is -2.30. The first-order chi connectivity index (χ1) is 19.3. The molecule has 0 atom stereocenters. The van der Waals surface area contributed by atoms with Crippen molar-refractivity contribution in [2.24, 2.45) is 12.5 Å². The van der Waals surface area contributed by atoms with Gasteiger partial charge in [0.2, 0.25) is 5.69 Å². The Balaban J connectivity index is 1.53. The van der Waals surface area contributed by atoms with E-state index in [9.17, 15) is 1.37 Å². The molecular weight excluding hydrogens is 472 g/mol. The molecule has 3 heterocycles. The number of hydrogen-bond donors (Lipinski definition) is 0. The van der Waals surface area contributed by atoms with Crippen LogP contribution in [0.4, 0.5) is 0 Å². The lowest BCUT2D eigenvalue weighted by molar-refractivity contribution is -0.658. The number of hydrogen-bond acceptors (Lipinski definition) is 0. The normalized spacial score (nSPS) is 17.6. The Labute approximate surface area is 231 Å². The molecule has 192 valence electrons. The van der Waals surface area contributed by atoms with Crippen LogP contribution in [0.2, 0.25) is 0 Å². The summed E-state index contributed by atoms with van der Waals surface area (Å²) >= 11 is 0. The van der Waals surface area contributed by atoms with Crippen molar-refractivity contribution in [3.63, 3.8) is 0 Å². The summed E-state index contributed by atoms with van der Waals surface area (Å²) in [7, 11) is 2.19. The van der Waals surface area contributed by atoms with E-state index in [1.54, 1.807) is 0 Å². The number of aryl methyl sites for hydroxylation is 2. The van der Waals surface area contributed by atoms with E-state index < -0.39 is 5.89 Å². The van der Waals surface area contributed by atoms with Crippen LogP contribution in [-0.2, 0) is 7.05 Å². The van der Waals surface area contributed by atoms with Gasteiger partial charge in [-0.2, -0.15) is 4.57 Å². The smallest absolute Gasteiger partial charge is 0.222 e. The predicted octanol–water partition coefficient (Wildman–Crippen LogP) is 9.47. The zero-order valence-corrected chi connectivity index (χ0v) is 23.3. The molecule has 0 aliphatic heterocycles. The molecule has 1 saturated carbocycles. The Hall–Kier alpha value is -3.91. The van der Waals surface area contributed by atoms with E-state index in [1.807, 2.05) is 0 Å². The fourth-order valence-electron chi connectivity index (χ4n) is 7.32. The molecule has 0 spiro atoms. The molecule has 0 bridgehead atoms. The van der Waals surface area contributed by atoms with E-state index in [2.05, 4.69) is 122 Å². The van der Waals surface area contributed by atoms with Gasteiger partial charge in [0.1, 0.15) is 7.05 Å². The Bertz CT molecular complexity index is 2120. The molecule has 4 aromatic carbocycles. The first-order valence-electron chi connectivity index (χ1n) is 14.9. The Morgan fingerprint density at radius 1 is 0.821 bits per heavy atom. The maximum atomic E-state index is 9.54. The van der Waals surface area contributed by atoms with Crippen LogP contribution in [0.1, 0.15) is 57.9 Å². The van der Waals surface area contributed by atoms with Crippen LogP contribution in [-0.4, -0.2) is 4.40 Å². The molecule has 2 nitrogen and oxygen atoms in total. The average molecular weight is 509 g/mol. The van der Waals surface area contributed by atoms with Crippen LogP contribution >= 0.6 is 0 Å². The molecule has 3 aromatic heterocycles. The van der Waals surface area contributed by atoms with E-state index in [1.165, 1.54) is 65.7 Å². The minimum Gasteiger partial charge on any atom is -0.307 e. The Kier molecular flexibility index (Phi) is 4.53. The number of pyridine rings is 1. The summed E-state index contributed by atoms with van der Waals surface area (Å²) in [5.41, 5.74) is 9.12. The van der Waals surface area contributed by atoms with Crippen LogP contribution in [0.3, 0.4) is 0 Å². The van der Waals surface area contributed by atoms with Crippen LogP contribution in [0, 0.1) is 12.3 Å². The fourth-order valence-corrected chi connectivity index (χ4v) is 7.32. The van der Waals surface area contributed by atoms with Crippen LogP contribution < -0.4 is 4.57 Å².